The molecule has 0 aromatic carbocycles. The lowest BCUT2D eigenvalue weighted by Gasteiger charge is -2.21. The number of rotatable bonds is 1. The fraction of sp³-hybridized carbons (Fsp3) is 0.143. The third-order valence-corrected chi connectivity index (χ3v) is 1.76. The molecule has 1 aliphatic heterocycles. The molecule has 1 aromatic rings. The molecule has 0 saturated heterocycles. The highest BCUT2D eigenvalue weighted by Crippen LogP contribution is 2.14. The average Bonchev–Trinajstić information content (AvgIpc) is 2.48. The van der Waals surface area contributed by atoms with Crippen LogP contribution in [0.5, 0.6) is 0 Å². The van der Waals surface area contributed by atoms with Crippen LogP contribution in [0.15, 0.2) is 29.6 Å². The maximum atomic E-state index is 5.69. The molecule has 2 rings (SSSR count). The van der Waals surface area contributed by atoms with Crippen molar-refractivity contribution >= 4 is 11.6 Å². The van der Waals surface area contributed by atoms with Crippen molar-refractivity contribution in [1.29, 1.82) is 0 Å². The summed E-state index contributed by atoms with van der Waals surface area (Å²) in [5, 5.41) is 3.79. The number of hydrazone groups is 1. The van der Waals surface area contributed by atoms with Crippen LogP contribution in [-0.2, 0) is 0 Å². The van der Waals surface area contributed by atoms with Gasteiger partial charge in [-0.1, -0.05) is 0 Å². The second-order valence-corrected chi connectivity index (χ2v) is 2.63. The van der Waals surface area contributed by atoms with Gasteiger partial charge < -0.3 is 5.73 Å². The van der Waals surface area contributed by atoms with Crippen LogP contribution in [0.4, 0.5) is 5.69 Å². The van der Waals surface area contributed by atoms with E-state index in [1.54, 1.807) is 17.3 Å². The van der Waals surface area contributed by atoms with E-state index >= 15 is 0 Å². The van der Waals surface area contributed by atoms with Crippen molar-refractivity contribution in [3.05, 3.63) is 24.5 Å². The number of nitrogens with one attached hydrogen (secondary N) is 1. The van der Waals surface area contributed by atoms with Crippen LogP contribution >= 0.6 is 0 Å². The van der Waals surface area contributed by atoms with Crippen molar-refractivity contribution in [1.82, 2.24) is 10.4 Å². The summed E-state index contributed by atoms with van der Waals surface area (Å²) < 4.78 is 0. The molecular weight excluding hydrogens is 168 g/mol. The van der Waals surface area contributed by atoms with Crippen LogP contribution in [-0.4, -0.2) is 17.2 Å². The standard InChI is InChI=1S/C7H10N6/c8-6-11-12-7(9)13(6)5-2-1-3-10-4-5/h1-4,6,11H,8H2,(H2,9,12). The molecule has 6 nitrogen and oxygen atoms in total. The van der Waals surface area contributed by atoms with E-state index in [0.717, 1.165) is 5.69 Å². The van der Waals surface area contributed by atoms with E-state index in [2.05, 4.69) is 15.5 Å². The third kappa shape index (κ3) is 1.27. The van der Waals surface area contributed by atoms with Crippen molar-refractivity contribution in [2.24, 2.45) is 16.6 Å². The van der Waals surface area contributed by atoms with Gasteiger partial charge >= 0.3 is 0 Å². The van der Waals surface area contributed by atoms with E-state index < -0.39 is 6.29 Å². The topological polar surface area (TPSA) is 92.6 Å². The highest BCUT2D eigenvalue weighted by atomic mass is 15.6. The molecule has 6 heteroatoms. The Labute approximate surface area is 75.2 Å². The molecule has 1 atom stereocenters. The van der Waals surface area contributed by atoms with E-state index in [1.807, 2.05) is 12.1 Å². The van der Waals surface area contributed by atoms with Crippen molar-refractivity contribution in [2.75, 3.05) is 4.90 Å². The summed E-state index contributed by atoms with van der Waals surface area (Å²) in [4.78, 5) is 5.62. The first-order valence-corrected chi connectivity index (χ1v) is 3.82. The van der Waals surface area contributed by atoms with Crippen LogP contribution in [0.2, 0.25) is 0 Å². The number of anilines is 1. The summed E-state index contributed by atoms with van der Waals surface area (Å²) >= 11 is 0. The van der Waals surface area contributed by atoms with E-state index in [4.69, 9.17) is 11.5 Å². The zero-order valence-corrected chi connectivity index (χ0v) is 6.88. The molecule has 5 N–H and O–H groups in total. The molecule has 0 amide bonds. The molecular formula is C7H10N6. The Morgan fingerprint density at radius 1 is 1.54 bits per heavy atom. The highest BCUT2D eigenvalue weighted by molar-refractivity contribution is 5.96. The number of hydrogen-bond donors (Lipinski definition) is 3. The van der Waals surface area contributed by atoms with Gasteiger partial charge in [-0.15, -0.1) is 5.10 Å². The lowest BCUT2D eigenvalue weighted by atomic mass is 10.4. The van der Waals surface area contributed by atoms with E-state index in [0.29, 0.717) is 5.96 Å². The lowest BCUT2D eigenvalue weighted by Crippen LogP contribution is -2.49. The van der Waals surface area contributed by atoms with Gasteiger partial charge in [0, 0.05) is 6.20 Å². The summed E-state index contributed by atoms with van der Waals surface area (Å²) in [7, 11) is 0. The molecule has 0 spiro atoms. The van der Waals surface area contributed by atoms with Gasteiger partial charge in [-0.2, -0.15) is 0 Å². The maximum absolute atomic E-state index is 5.69. The largest absolute Gasteiger partial charge is 0.368 e. The Bertz CT molecular complexity index is 321. The Morgan fingerprint density at radius 3 is 2.92 bits per heavy atom. The molecule has 0 bridgehead atoms. The van der Waals surface area contributed by atoms with Gasteiger partial charge in [0.25, 0.3) is 0 Å². The smallest absolute Gasteiger partial charge is 0.221 e. The second-order valence-electron chi connectivity index (χ2n) is 2.63. The van der Waals surface area contributed by atoms with E-state index in [-0.39, 0.29) is 0 Å². The molecule has 0 radical (unpaired) electrons. The number of pyridine rings is 1. The second kappa shape index (κ2) is 2.91. The molecule has 0 saturated carbocycles. The number of nitrogens with zero attached hydrogens (tertiary/aromatic N) is 3. The zero-order chi connectivity index (χ0) is 9.26. The van der Waals surface area contributed by atoms with E-state index in [9.17, 15) is 0 Å². The summed E-state index contributed by atoms with van der Waals surface area (Å²) in [6.45, 7) is 0. The molecule has 1 aliphatic rings. The van der Waals surface area contributed by atoms with Crippen molar-refractivity contribution < 1.29 is 0 Å². The van der Waals surface area contributed by atoms with Crippen molar-refractivity contribution in [2.45, 2.75) is 6.29 Å². The number of aromatic nitrogens is 1. The van der Waals surface area contributed by atoms with Crippen LogP contribution < -0.4 is 21.8 Å². The minimum Gasteiger partial charge on any atom is -0.368 e. The quantitative estimate of drug-likeness (QED) is 0.511. The Balaban J connectivity index is 2.31. The maximum Gasteiger partial charge on any atom is 0.221 e. The highest BCUT2D eigenvalue weighted by Gasteiger charge is 2.23. The summed E-state index contributed by atoms with van der Waals surface area (Å²) in [6.07, 6.45) is 2.95. The first-order chi connectivity index (χ1) is 6.29. The molecule has 2 heterocycles. The molecule has 1 aromatic heterocycles. The van der Waals surface area contributed by atoms with Crippen LogP contribution in [0, 0.1) is 0 Å². The van der Waals surface area contributed by atoms with Gasteiger partial charge in [-0.3, -0.25) is 21.0 Å². The van der Waals surface area contributed by atoms with Gasteiger partial charge in [0.2, 0.25) is 5.96 Å². The molecule has 0 aliphatic carbocycles. The van der Waals surface area contributed by atoms with Gasteiger partial charge in [0.1, 0.15) is 0 Å². The SMILES string of the molecule is NC1=NNC(N)N1c1cccnc1. The van der Waals surface area contributed by atoms with Gasteiger partial charge in [-0.25, -0.2) is 0 Å². The predicted molar refractivity (Wildman–Crippen MR) is 49.4 cm³/mol. The minimum atomic E-state index is -0.413. The molecule has 13 heavy (non-hydrogen) atoms. The Kier molecular flexibility index (Phi) is 1.75. The summed E-state index contributed by atoms with van der Waals surface area (Å²) in [5.74, 6) is 0.348. The summed E-state index contributed by atoms with van der Waals surface area (Å²) in [5.41, 5.74) is 14.8. The first-order valence-electron chi connectivity index (χ1n) is 3.82. The number of hydrogen-bond acceptors (Lipinski definition) is 6. The average molecular weight is 178 g/mol. The fourth-order valence-corrected chi connectivity index (χ4v) is 1.18. The third-order valence-electron chi connectivity index (χ3n) is 1.76. The lowest BCUT2D eigenvalue weighted by molar-refractivity contribution is 0.605. The predicted octanol–water partition coefficient (Wildman–Crippen LogP) is -1.04. The van der Waals surface area contributed by atoms with Crippen LogP contribution in [0.3, 0.4) is 0 Å². The molecule has 68 valence electrons. The zero-order valence-electron chi connectivity index (χ0n) is 6.88. The number of guanidine groups is 1. The van der Waals surface area contributed by atoms with Crippen LogP contribution in [0.25, 0.3) is 0 Å². The van der Waals surface area contributed by atoms with Gasteiger partial charge in [0.05, 0.1) is 11.9 Å². The van der Waals surface area contributed by atoms with Crippen molar-refractivity contribution in [3.63, 3.8) is 0 Å². The van der Waals surface area contributed by atoms with Crippen molar-refractivity contribution in [3.8, 4) is 0 Å². The Morgan fingerprint density at radius 2 is 2.38 bits per heavy atom. The van der Waals surface area contributed by atoms with Gasteiger partial charge in [0.15, 0.2) is 6.29 Å². The van der Waals surface area contributed by atoms with Crippen LogP contribution in [0.1, 0.15) is 0 Å². The van der Waals surface area contributed by atoms with Gasteiger partial charge in [-0.05, 0) is 12.1 Å². The normalized spacial score (nSPS) is 21.2. The minimum absolute atomic E-state index is 0.348. The Hall–Kier alpha value is -1.82. The monoisotopic (exact) mass is 178 g/mol. The van der Waals surface area contributed by atoms with E-state index in [1.165, 1.54) is 0 Å². The fourth-order valence-electron chi connectivity index (χ4n) is 1.18. The summed E-state index contributed by atoms with van der Waals surface area (Å²) in [6, 6.07) is 3.68. The molecule has 0 fully saturated rings. The first kappa shape index (κ1) is 7.81. The number of nitrogens with two attached hydrogens (primary N) is 2. The molecule has 1 unspecified atom stereocenters.